The van der Waals surface area contributed by atoms with Crippen LogP contribution >= 0.6 is 0 Å². The van der Waals surface area contributed by atoms with Crippen LogP contribution in [-0.4, -0.2) is 22.5 Å². The first kappa shape index (κ1) is 13.2. The van der Waals surface area contributed by atoms with E-state index >= 15 is 0 Å². The van der Waals surface area contributed by atoms with Gasteiger partial charge in [-0.1, -0.05) is 6.07 Å². The summed E-state index contributed by atoms with van der Waals surface area (Å²) in [6.45, 7) is 3.45. The third-order valence-electron chi connectivity index (χ3n) is 2.55. The third kappa shape index (κ3) is 2.47. The van der Waals surface area contributed by atoms with Gasteiger partial charge in [-0.25, -0.2) is 18.6 Å². The van der Waals surface area contributed by atoms with Crippen LogP contribution in [-0.2, 0) is 4.74 Å². The number of imidazole rings is 1. The molecule has 0 amide bonds. The van der Waals surface area contributed by atoms with Crippen molar-refractivity contribution in [3.05, 3.63) is 41.2 Å². The molecule has 1 heterocycles. The number of nitrogens with one attached hydrogen (secondary N) is 1. The van der Waals surface area contributed by atoms with Gasteiger partial charge in [-0.3, -0.25) is 0 Å². The molecule has 2 rings (SSSR count). The largest absolute Gasteiger partial charge is 0.461 e. The molecule has 100 valence electrons. The molecule has 1 aromatic carbocycles. The van der Waals surface area contributed by atoms with Gasteiger partial charge in [0.2, 0.25) is 0 Å². The molecule has 0 aliphatic heterocycles. The van der Waals surface area contributed by atoms with Crippen molar-refractivity contribution in [2.24, 2.45) is 0 Å². The van der Waals surface area contributed by atoms with Gasteiger partial charge in [-0.15, -0.1) is 0 Å². The summed E-state index contributed by atoms with van der Waals surface area (Å²) in [7, 11) is 0. The quantitative estimate of drug-likeness (QED) is 0.869. The highest BCUT2D eigenvalue weighted by Crippen LogP contribution is 2.24. The Kier molecular flexibility index (Phi) is 3.59. The SMILES string of the molecule is CCOC(=O)c1nc(-c2c(F)cccc2F)[nH]c1C. The number of carbonyl (C=O) groups excluding carboxylic acids is 1. The lowest BCUT2D eigenvalue weighted by molar-refractivity contribution is 0.0519. The zero-order chi connectivity index (χ0) is 14.0. The lowest BCUT2D eigenvalue weighted by Crippen LogP contribution is -2.06. The van der Waals surface area contributed by atoms with Crippen LogP contribution in [0.2, 0.25) is 0 Å². The molecule has 0 unspecified atom stereocenters. The fraction of sp³-hybridized carbons (Fsp3) is 0.231. The first-order valence-corrected chi connectivity index (χ1v) is 5.72. The molecule has 0 atom stereocenters. The zero-order valence-electron chi connectivity index (χ0n) is 10.5. The van der Waals surface area contributed by atoms with Gasteiger partial charge in [0.05, 0.1) is 12.2 Å². The summed E-state index contributed by atoms with van der Waals surface area (Å²) >= 11 is 0. The van der Waals surface area contributed by atoms with Crippen LogP contribution in [0.5, 0.6) is 0 Å². The Balaban J connectivity index is 2.48. The normalized spacial score (nSPS) is 10.5. The number of H-pyrrole nitrogens is 1. The lowest BCUT2D eigenvalue weighted by atomic mass is 10.2. The third-order valence-corrected chi connectivity index (χ3v) is 2.55. The number of nitrogens with zero attached hydrogens (tertiary/aromatic N) is 1. The Morgan fingerprint density at radius 1 is 1.37 bits per heavy atom. The van der Waals surface area contributed by atoms with E-state index in [0.29, 0.717) is 5.69 Å². The van der Waals surface area contributed by atoms with E-state index in [1.165, 1.54) is 6.07 Å². The van der Waals surface area contributed by atoms with E-state index in [1.807, 2.05) is 0 Å². The van der Waals surface area contributed by atoms with E-state index in [9.17, 15) is 13.6 Å². The minimum atomic E-state index is -0.746. The average Bonchev–Trinajstić information content (AvgIpc) is 2.71. The van der Waals surface area contributed by atoms with Crippen LogP contribution in [0.1, 0.15) is 23.1 Å². The molecule has 0 spiro atoms. The van der Waals surface area contributed by atoms with Gasteiger partial charge < -0.3 is 9.72 Å². The van der Waals surface area contributed by atoms with Gasteiger partial charge in [0.25, 0.3) is 0 Å². The smallest absolute Gasteiger partial charge is 0.358 e. The van der Waals surface area contributed by atoms with E-state index in [0.717, 1.165) is 12.1 Å². The highest BCUT2D eigenvalue weighted by Gasteiger charge is 2.20. The monoisotopic (exact) mass is 266 g/mol. The Morgan fingerprint density at radius 2 is 2.00 bits per heavy atom. The fourth-order valence-corrected chi connectivity index (χ4v) is 1.70. The Hall–Kier alpha value is -2.24. The Morgan fingerprint density at radius 3 is 2.58 bits per heavy atom. The number of benzene rings is 1. The number of halogens is 2. The van der Waals surface area contributed by atoms with Crippen molar-refractivity contribution in [3.63, 3.8) is 0 Å². The standard InChI is InChI=1S/C13H12F2N2O2/c1-3-19-13(18)11-7(2)16-12(17-11)10-8(14)5-4-6-9(10)15/h4-6H,3H2,1-2H3,(H,16,17). The fourth-order valence-electron chi connectivity index (χ4n) is 1.70. The predicted octanol–water partition coefficient (Wildman–Crippen LogP) is 2.84. The summed E-state index contributed by atoms with van der Waals surface area (Å²) in [4.78, 5) is 18.2. The lowest BCUT2D eigenvalue weighted by Gasteiger charge is -2.00. The summed E-state index contributed by atoms with van der Waals surface area (Å²) in [5.41, 5.74) is 0.136. The molecule has 1 N–H and O–H groups in total. The highest BCUT2D eigenvalue weighted by molar-refractivity contribution is 5.89. The van der Waals surface area contributed by atoms with Gasteiger partial charge in [0.15, 0.2) is 5.69 Å². The minimum Gasteiger partial charge on any atom is -0.461 e. The van der Waals surface area contributed by atoms with Gasteiger partial charge in [-0.2, -0.15) is 0 Å². The van der Waals surface area contributed by atoms with Crippen LogP contribution in [0.4, 0.5) is 8.78 Å². The molecule has 4 nitrogen and oxygen atoms in total. The minimum absolute atomic E-state index is 0.0273. The van der Waals surface area contributed by atoms with Gasteiger partial charge in [0, 0.05) is 5.69 Å². The van der Waals surface area contributed by atoms with Crippen molar-refractivity contribution >= 4 is 5.97 Å². The molecule has 0 bridgehead atoms. The van der Waals surface area contributed by atoms with Crippen molar-refractivity contribution < 1.29 is 18.3 Å². The number of esters is 1. The maximum absolute atomic E-state index is 13.6. The van der Waals surface area contributed by atoms with Crippen LogP contribution in [0.15, 0.2) is 18.2 Å². The van der Waals surface area contributed by atoms with E-state index in [2.05, 4.69) is 9.97 Å². The second-order valence-electron chi connectivity index (χ2n) is 3.88. The van der Waals surface area contributed by atoms with E-state index in [1.54, 1.807) is 13.8 Å². The van der Waals surface area contributed by atoms with Crippen molar-refractivity contribution in [2.75, 3.05) is 6.61 Å². The van der Waals surface area contributed by atoms with Crippen LogP contribution in [0.3, 0.4) is 0 Å². The first-order valence-electron chi connectivity index (χ1n) is 5.72. The number of ether oxygens (including phenoxy) is 1. The highest BCUT2D eigenvalue weighted by atomic mass is 19.1. The van der Waals surface area contributed by atoms with Crippen molar-refractivity contribution in [1.29, 1.82) is 0 Å². The van der Waals surface area contributed by atoms with Crippen LogP contribution in [0, 0.1) is 18.6 Å². The number of aromatic nitrogens is 2. The summed E-state index contributed by atoms with van der Waals surface area (Å²) in [5, 5.41) is 0. The van der Waals surface area contributed by atoms with E-state index in [4.69, 9.17) is 4.74 Å². The number of aromatic amines is 1. The number of aryl methyl sites for hydroxylation is 1. The van der Waals surface area contributed by atoms with Gasteiger partial charge >= 0.3 is 5.97 Å². The maximum atomic E-state index is 13.6. The van der Waals surface area contributed by atoms with Crippen LogP contribution in [0.25, 0.3) is 11.4 Å². The van der Waals surface area contributed by atoms with Crippen molar-refractivity contribution in [3.8, 4) is 11.4 Å². The zero-order valence-corrected chi connectivity index (χ0v) is 10.5. The molecular weight excluding hydrogens is 254 g/mol. The van der Waals surface area contributed by atoms with Crippen molar-refractivity contribution in [1.82, 2.24) is 9.97 Å². The second kappa shape index (κ2) is 5.17. The van der Waals surface area contributed by atoms with E-state index in [-0.39, 0.29) is 23.7 Å². The molecule has 1 aromatic heterocycles. The van der Waals surface area contributed by atoms with Crippen molar-refractivity contribution in [2.45, 2.75) is 13.8 Å². The summed E-state index contributed by atoms with van der Waals surface area (Å²) in [6, 6.07) is 3.51. The Labute approximate surface area is 108 Å². The molecule has 6 heteroatoms. The number of carbonyl (C=O) groups is 1. The van der Waals surface area contributed by atoms with E-state index < -0.39 is 17.6 Å². The molecule has 0 aliphatic carbocycles. The second-order valence-corrected chi connectivity index (χ2v) is 3.88. The molecule has 2 aromatic rings. The molecule has 0 saturated heterocycles. The molecule has 19 heavy (non-hydrogen) atoms. The number of hydrogen-bond donors (Lipinski definition) is 1. The molecule has 0 saturated carbocycles. The summed E-state index contributed by atoms with van der Waals surface area (Å²) in [6.07, 6.45) is 0. The average molecular weight is 266 g/mol. The summed E-state index contributed by atoms with van der Waals surface area (Å²) < 4.78 is 32.0. The molecular formula is C13H12F2N2O2. The topological polar surface area (TPSA) is 55.0 Å². The van der Waals surface area contributed by atoms with Crippen LogP contribution < -0.4 is 0 Å². The first-order chi connectivity index (χ1) is 9.04. The molecule has 0 radical (unpaired) electrons. The Bertz CT molecular complexity index is 603. The molecule has 0 fully saturated rings. The number of hydrogen-bond acceptors (Lipinski definition) is 3. The number of rotatable bonds is 3. The molecule has 0 aliphatic rings. The maximum Gasteiger partial charge on any atom is 0.358 e. The van der Waals surface area contributed by atoms with Gasteiger partial charge in [-0.05, 0) is 26.0 Å². The predicted molar refractivity (Wildman–Crippen MR) is 64.6 cm³/mol. The van der Waals surface area contributed by atoms with Gasteiger partial charge in [0.1, 0.15) is 17.5 Å². The summed E-state index contributed by atoms with van der Waals surface area (Å²) in [5.74, 6) is -2.15.